The second-order valence-corrected chi connectivity index (χ2v) is 5.91. The Labute approximate surface area is 113 Å². The lowest BCUT2D eigenvalue weighted by Gasteiger charge is -2.32. The molecule has 2 heterocycles. The van der Waals surface area contributed by atoms with E-state index in [1.807, 2.05) is 0 Å². The first-order chi connectivity index (χ1) is 8.88. The molecule has 0 atom stereocenters. The van der Waals surface area contributed by atoms with Gasteiger partial charge in [-0.3, -0.25) is 9.59 Å². The number of H-pyrrole nitrogens is 1. The number of aromatic amines is 1. The molecule has 0 aliphatic carbocycles. The Bertz CT molecular complexity index is 564. The molecule has 0 spiro atoms. The third-order valence-corrected chi connectivity index (χ3v) is 3.46. The molecule has 4 heteroatoms. The summed E-state index contributed by atoms with van der Waals surface area (Å²) in [6, 6.07) is 4.66. The smallest absolute Gasteiger partial charge is 0.270 e. The van der Waals surface area contributed by atoms with E-state index in [-0.39, 0.29) is 16.9 Å². The van der Waals surface area contributed by atoms with Crippen LogP contribution in [0.3, 0.4) is 0 Å². The van der Waals surface area contributed by atoms with Crippen LogP contribution in [-0.4, -0.2) is 28.9 Å². The normalized spacial score (nSPS) is 16.2. The Kier molecular flexibility index (Phi) is 3.60. The van der Waals surface area contributed by atoms with Crippen LogP contribution in [0.25, 0.3) is 0 Å². The molecular weight excluding hydrogens is 240 g/mol. The van der Waals surface area contributed by atoms with Crippen LogP contribution in [0.2, 0.25) is 0 Å². The zero-order valence-corrected chi connectivity index (χ0v) is 11.7. The number of hydrogen-bond donors (Lipinski definition) is 1. The third kappa shape index (κ3) is 3.13. The SMILES string of the molecule is CC(C)(C)C1=CCN(C(=O)c2cccc(=O)[nH]2)CC1. The van der Waals surface area contributed by atoms with Gasteiger partial charge in [0.1, 0.15) is 5.69 Å². The molecule has 0 unspecified atom stereocenters. The fraction of sp³-hybridized carbons (Fsp3) is 0.467. The van der Waals surface area contributed by atoms with Gasteiger partial charge in [0.15, 0.2) is 0 Å². The van der Waals surface area contributed by atoms with E-state index in [1.165, 1.54) is 11.6 Å². The molecule has 4 nitrogen and oxygen atoms in total. The predicted octanol–water partition coefficient (Wildman–Crippen LogP) is 2.19. The summed E-state index contributed by atoms with van der Waals surface area (Å²) in [7, 11) is 0. The molecule has 1 aromatic rings. The van der Waals surface area contributed by atoms with Gasteiger partial charge in [0, 0.05) is 19.2 Å². The fourth-order valence-electron chi connectivity index (χ4n) is 2.28. The molecule has 1 aliphatic heterocycles. The van der Waals surface area contributed by atoms with Gasteiger partial charge in [-0.1, -0.05) is 38.5 Å². The highest BCUT2D eigenvalue weighted by molar-refractivity contribution is 5.92. The van der Waals surface area contributed by atoms with Crippen LogP contribution in [0.1, 0.15) is 37.7 Å². The minimum atomic E-state index is -0.242. The summed E-state index contributed by atoms with van der Waals surface area (Å²) in [6.45, 7) is 7.88. The standard InChI is InChI=1S/C15H20N2O2/c1-15(2,3)11-7-9-17(10-8-11)14(19)12-5-4-6-13(18)16-12/h4-7H,8-10H2,1-3H3,(H,16,18). The van der Waals surface area contributed by atoms with Crippen molar-refractivity contribution in [3.63, 3.8) is 0 Å². The molecule has 1 N–H and O–H groups in total. The minimum absolute atomic E-state index is 0.109. The minimum Gasteiger partial charge on any atom is -0.333 e. The molecule has 0 aromatic carbocycles. The molecule has 19 heavy (non-hydrogen) atoms. The van der Waals surface area contributed by atoms with Gasteiger partial charge in [-0.15, -0.1) is 0 Å². The topological polar surface area (TPSA) is 53.2 Å². The van der Waals surface area contributed by atoms with E-state index in [9.17, 15) is 9.59 Å². The lowest BCUT2D eigenvalue weighted by molar-refractivity contribution is 0.0759. The summed E-state index contributed by atoms with van der Waals surface area (Å²) in [5, 5.41) is 0. The summed E-state index contributed by atoms with van der Waals surface area (Å²) in [4.78, 5) is 27.8. The molecule has 0 bridgehead atoms. The van der Waals surface area contributed by atoms with Gasteiger partial charge in [-0.25, -0.2) is 0 Å². The Morgan fingerprint density at radius 1 is 1.32 bits per heavy atom. The van der Waals surface area contributed by atoms with Gasteiger partial charge in [-0.05, 0) is 17.9 Å². The number of nitrogens with one attached hydrogen (secondary N) is 1. The van der Waals surface area contributed by atoms with Gasteiger partial charge in [-0.2, -0.15) is 0 Å². The zero-order valence-electron chi connectivity index (χ0n) is 11.7. The second kappa shape index (κ2) is 5.03. The van der Waals surface area contributed by atoms with Crippen LogP contribution in [0.4, 0.5) is 0 Å². The van der Waals surface area contributed by atoms with E-state index >= 15 is 0 Å². The molecule has 0 radical (unpaired) electrons. The molecule has 2 rings (SSSR count). The first-order valence-corrected chi connectivity index (χ1v) is 6.56. The van der Waals surface area contributed by atoms with E-state index < -0.39 is 0 Å². The van der Waals surface area contributed by atoms with Crippen molar-refractivity contribution in [3.05, 3.63) is 45.9 Å². The number of rotatable bonds is 1. The molecule has 0 fully saturated rings. The molecule has 1 aromatic heterocycles. The van der Waals surface area contributed by atoms with Crippen LogP contribution in [0, 0.1) is 5.41 Å². The highest BCUT2D eigenvalue weighted by Gasteiger charge is 2.24. The molecule has 0 saturated heterocycles. The van der Waals surface area contributed by atoms with Crippen molar-refractivity contribution in [1.29, 1.82) is 0 Å². The van der Waals surface area contributed by atoms with Gasteiger partial charge < -0.3 is 9.88 Å². The summed E-state index contributed by atoms with van der Waals surface area (Å²) >= 11 is 0. The van der Waals surface area contributed by atoms with E-state index in [0.29, 0.717) is 18.8 Å². The molecule has 1 amide bonds. The van der Waals surface area contributed by atoms with Crippen molar-refractivity contribution < 1.29 is 4.79 Å². The molecule has 0 saturated carbocycles. The summed E-state index contributed by atoms with van der Waals surface area (Å²) in [6.07, 6.45) is 3.02. The van der Waals surface area contributed by atoms with Gasteiger partial charge in [0.05, 0.1) is 0 Å². The number of amides is 1. The van der Waals surface area contributed by atoms with Crippen LogP contribution >= 0.6 is 0 Å². The van der Waals surface area contributed by atoms with Crippen LogP contribution in [0.5, 0.6) is 0 Å². The maximum absolute atomic E-state index is 12.2. The number of carbonyl (C=O) groups excluding carboxylic acids is 1. The number of hydrogen-bond acceptors (Lipinski definition) is 2. The van der Waals surface area contributed by atoms with Gasteiger partial charge in [0.25, 0.3) is 5.91 Å². The van der Waals surface area contributed by atoms with Crippen molar-refractivity contribution in [3.8, 4) is 0 Å². The fourth-order valence-corrected chi connectivity index (χ4v) is 2.28. The van der Waals surface area contributed by atoms with E-state index in [4.69, 9.17) is 0 Å². The maximum atomic E-state index is 12.2. The van der Waals surface area contributed by atoms with Crippen LogP contribution < -0.4 is 5.56 Å². The highest BCUT2D eigenvalue weighted by Crippen LogP contribution is 2.30. The Morgan fingerprint density at radius 3 is 2.58 bits per heavy atom. The Hall–Kier alpha value is -1.84. The first-order valence-electron chi connectivity index (χ1n) is 6.56. The number of nitrogens with zero attached hydrogens (tertiary/aromatic N) is 1. The lowest BCUT2D eigenvalue weighted by Crippen LogP contribution is -2.37. The Balaban J connectivity index is 2.12. The molecular formula is C15H20N2O2. The molecule has 102 valence electrons. The van der Waals surface area contributed by atoms with Crippen molar-refractivity contribution in [1.82, 2.24) is 9.88 Å². The number of aromatic nitrogens is 1. The summed E-state index contributed by atoms with van der Waals surface area (Å²) in [5.74, 6) is -0.109. The van der Waals surface area contributed by atoms with Crippen molar-refractivity contribution >= 4 is 5.91 Å². The predicted molar refractivity (Wildman–Crippen MR) is 75.1 cm³/mol. The van der Waals surface area contributed by atoms with E-state index in [2.05, 4.69) is 31.8 Å². The van der Waals surface area contributed by atoms with Crippen molar-refractivity contribution in [2.75, 3.05) is 13.1 Å². The number of pyridine rings is 1. The monoisotopic (exact) mass is 260 g/mol. The third-order valence-electron chi connectivity index (χ3n) is 3.46. The second-order valence-electron chi connectivity index (χ2n) is 5.91. The first kappa shape index (κ1) is 13.6. The van der Waals surface area contributed by atoms with Crippen molar-refractivity contribution in [2.24, 2.45) is 5.41 Å². The van der Waals surface area contributed by atoms with E-state index in [0.717, 1.165) is 6.42 Å². The van der Waals surface area contributed by atoms with Gasteiger partial charge in [0.2, 0.25) is 5.56 Å². The van der Waals surface area contributed by atoms with Crippen LogP contribution in [-0.2, 0) is 0 Å². The van der Waals surface area contributed by atoms with Crippen molar-refractivity contribution in [2.45, 2.75) is 27.2 Å². The highest BCUT2D eigenvalue weighted by atomic mass is 16.2. The largest absolute Gasteiger partial charge is 0.333 e. The summed E-state index contributed by atoms with van der Waals surface area (Å²) < 4.78 is 0. The number of carbonyl (C=O) groups is 1. The zero-order chi connectivity index (χ0) is 14.0. The van der Waals surface area contributed by atoms with E-state index in [1.54, 1.807) is 17.0 Å². The maximum Gasteiger partial charge on any atom is 0.270 e. The average molecular weight is 260 g/mol. The summed E-state index contributed by atoms with van der Waals surface area (Å²) in [5.41, 5.74) is 1.67. The molecule has 1 aliphatic rings. The average Bonchev–Trinajstić information content (AvgIpc) is 2.37. The quantitative estimate of drug-likeness (QED) is 0.787. The van der Waals surface area contributed by atoms with Crippen LogP contribution in [0.15, 0.2) is 34.6 Å². The Morgan fingerprint density at radius 2 is 2.05 bits per heavy atom. The lowest BCUT2D eigenvalue weighted by atomic mass is 9.83. The van der Waals surface area contributed by atoms with Gasteiger partial charge >= 0.3 is 0 Å².